The van der Waals surface area contributed by atoms with E-state index in [1.54, 1.807) is 16.9 Å². The van der Waals surface area contributed by atoms with Crippen molar-refractivity contribution in [2.24, 2.45) is 0 Å². The van der Waals surface area contributed by atoms with Crippen LogP contribution in [0.25, 0.3) is 5.65 Å². The van der Waals surface area contributed by atoms with Crippen LogP contribution in [0.5, 0.6) is 0 Å². The maximum absolute atomic E-state index is 12.5. The van der Waals surface area contributed by atoms with Crippen LogP contribution in [0.1, 0.15) is 47.7 Å². The normalized spacial score (nSPS) is 12.6. The molecule has 7 nitrogen and oxygen atoms in total. The van der Waals surface area contributed by atoms with E-state index in [9.17, 15) is 4.79 Å². The summed E-state index contributed by atoms with van der Waals surface area (Å²) in [6.45, 7) is 8.97. The van der Waals surface area contributed by atoms with Gasteiger partial charge in [-0.2, -0.15) is 5.10 Å². The number of hydrogen-bond acceptors (Lipinski definition) is 6. The van der Waals surface area contributed by atoms with Crippen molar-refractivity contribution in [3.63, 3.8) is 0 Å². The van der Waals surface area contributed by atoms with Crippen molar-refractivity contribution in [1.29, 1.82) is 0 Å². The lowest BCUT2D eigenvalue weighted by atomic mass is 10.2. The second kappa shape index (κ2) is 7.71. The number of carbonyl (C=O) groups is 1. The minimum atomic E-state index is -0.193. The first-order valence-corrected chi connectivity index (χ1v) is 9.25. The third-order valence-corrected chi connectivity index (χ3v) is 5.08. The predicted octanol–water partition coefficient (Wildman–Crippen LogP) is 2.52. The first-order chi connectivity index (χ1) is 12.1. The van der Waals surface area contributed by atoms with Gasteiger partial charge in [-0.15, -0.1) is 11.3 Å². The molecule has 3 heterocycles. The quantitative estimate of drug-likeness (QED) is 0.702. The SMILES string of the molecule is CCN(CC)Cc1cnc2c(C(=O)N[C@@H](C)c3nccs3)cnn2c1. The van der Waals surface area contributed by atoms with Crippen molar-refractivity contribution in [1.82, 2.24) is 29.8 Å². The summed E-state index contributed by atoms with van der Waals surface area (Å²) in [6.07, 6.45) is 7.04. The molecule has 0 radical (unpaired) electrons. The molecule has 3 aromatic heterocycles. The van der Waals surface area contributed by atoms with Crippen LogP contribution < -0.4 is 5.32 Å². The fourth-order valence-corrected chi connectivity index (χ4v) is 3.29. The van der Waals surface area contributed by atoms with Crippen molar-refractivity contribution in [3.8, 4) is 0 Å². The van der Waals surface area contributed by atoms with Gasteiger partial charge in [0.25, 0.3) is 5.91 Å². The lowest BCUT2D eigenvalue weighted by Crippen LogP contribution is -2.26. The molecule has 3 rings (SSSR count). The van der Waals surface area contributed by atoms with Crippen LogP contribution in [0.2, 0.25) is 0 Å². The lowest BCUT2D eigenvalue weighted by Gasteiger charge is -2.17. The van der Waals surface area contributed by atoms with E-state index in [0.29, 0.717) is 11.2 Å². The molecule has 0 aromatic carbocycles. The van der Waals surface area contributed by atoms with Gasteiger partial charge in [0.1, 0.15) is 10.6 Å². The zero-order valence-electron chi connectivity index (χ0n) is 14.6. The van der Waals surface area contributed by atoms with Gasteiger partial charge >= 0.3 is 0 Å². The summed E-state index contributed by atoms with van der Waals surface area (Å²) in [5.74, 6) is -0.193. The third-order valence-electron chi connectivity index (χ3n) is 4.12. The van der Waals surface area contributed by atoms with E-state index in [2.05, 4.69) is 39.1 Å². The van der Waals surface area contributed by atoms with E-state index in [-0.39, 0.29) is 11.9 Å². The van der Waals surface area contributed by atoms with Gasteiger partial charge in [0, 0.05) is 36.1 Å². The average molecular weight is 358 g/mol. The topological polar surface area (TPSA) is 75.4 Å². The van der Waals surface area contributed by atoms with Crippen molar-refractivity contribution in [2.75, 3.05) is 13.1 Å². The molecule has 0 bridgehead atoms. The van der Waals surface area contributed by atoms with E-state index in [1.807, 2.05) is 24.7 Å². The molecule has 0 saturated heterocycles. The van der Waals surface area contributed by atoms with E-state index in [4.69, 9.17) is 0 Å². The minimum Gasteiger partial charge on any atom is -0.343 e. The van der Waals surface area contributed by atoms with Gasteiger partial charge in [-0.25, -0.2) is 14.5 Å². The maximum atomic E-state index is 12.5. The molecule has 0 aliphatic heterocycles. The molecule has 1 amide bonds. The monoisotopic (exact) mass is 358 g/mol. The summed E-state index contributed by atoms with van der Waals surface area (Å²) in [5.41, 5.74) is 2.10. The number of thiazole rings is 1. The van der Waals surface area contributed by atoms with E-state index in [1.165, 1.54) is 11.3 Å². The van der Waals surface area contributed by atoms with Gasteiger partial charge in [-0.3, -0.25) is 9.69 Å². The Labute approximate surface area is 150 Å². The van der Waals surface area contributed by atoms with Crippen LogP contribution in [0.3, 0.4) is 0 Å². The molecule has 0 spiro atoms. The van der Waals surface area contributed by atoms with Gasteiger partial charge < -0.3 is 5.32 Å². The molecule has 0 unspecified atom stereocenters. The van der Waals surface area contributed by atoms with Gasteiger partial charge in [0.15, 0.2) is 5.65 Å². The summed E-state index contributed by atoms with van der Waals surface area (Å²) in [7, 11) is 0. The molecule has 0 fully saturated rings. The largest absolute Gasteiger partial charge is 0.343 e. The molecule has 0 aliphatic carbocycles. The van der Waals surface area contributed by atoms with Crippen molar-refractivity contribution < 1.29 is 4.79 Å². The third kappa shape index (κ3) is 3.85. The first kappa shape index (κ1) is 17.5. The molecule has 25 heavy (non-hydrogen) atoms. The molecule has 1 N–H and O–H groups in total. The molecule has 0 saturated carbocycles. The number of fused-ring (bicyclic) bond motifs is 1. The van der Waals surface area contributed by atoms with Crippen LogP contribution in [-0.4, -0.2) is 43.5 Å². The summed E-state index contributed by atoms with van der Waals surface area (Å²) in [4.78, 5) is 23.5. The first-order valence-electron chi connectivity index (χ1n) is 8.37. The van der Waals surface area contributed by atoms with Crippen LogP contribution in [0.4, 0.5) is 0 Å². The Bertz CT molecular complexity index is 840. The van der Waals surface area contributed by atoms with Crippen molar-refractivity contribution in [3.05, 3.63) is 46.3 Å². The Balaban J connectivity index is 1.77. The molecular formula is C17H22N6OS. The zero-order valence-corrected chi connectivity index (χ0v) is 15.5. The number of rotatable bonds is 7. The van der Waals surface area contributed by atoms with Crippen LogP contribution in [0.15, 0.2) is 30.2 Å². The summed E-state index contributed by atoms with van der Waals surface area (Å²) >= 11 is 1.52. The van der Waals surface area contributed by atoms with Gasteiger partial charge in [0.2, 0.25) is 0 Å². The van der Waals surface area contributed by atoms with Crippen molar-refractivity contribution >= 4 is 22.9 Å². The number of nitrogens with one attached hydrogen (secondary N) is 1. The summed E-state index contributed by atoms with van der Waals surface area (Å²) < 4.78 is 1.67. The zero-order chi connectivity index (χ0) is 17.8. The number of carbonyl (C=O) groups excluding carboxylic acids is 1. The smallest absolute Gasteiger partial charge is 0.257 e. The minimum absolute atomic E-state index is 0.149. The van der Waals surface area contributed by atoms with E-state index < -0.39 is 0 Å². The second-order valence-electron chi connectivity index (χ2n) is 5.82. The van der Waals surface area contributed by atoms with E-state index >= 15 is 0 Å². The number of nitrogens with zero attached hydrogens (tertiary/aromatic N) is 5. The number of hydrogen-bond donors (Lipinski definition) is 1. The Kier molecular flexibility index (Phi) is 5.40. The summed E-state index contributed by atoms with van der Waals surface area (Å²) in [5, 5.41) is 10.0. The Hall–Kier alpha value is -2.32. The molecular weight excluding hydrogens is 336 g/mol. The van der Waals surface area contributed by atoms with Gasteiger partial charge in [0.05, 0.1) is 12.2 Å². The Morgan fingerprint density at radius 3 is 2.80 bits per heavy atom. The number of aromatic nitrogens is 4. The van der Waals surface area contributed by atoms with Crippen LogP contribution in [-0.2, 0) is 6.54 Å². The van der Waals surface area contributed by atoms with Gasteiger partial charge in [-0.05, 0) is 20.0 Å². The molecule has 3 aromatic rings. The summed E-state index contributed by atoms with van der Waals surface area (Å²) in [6, 6.07) is -0.149. The fraction of sp³-hybridized carbons (Fsp3) is 0.412. The van der Waals surface area contributed by atoms with Gasteiger partial charge in [-0.1, -0.05) is 13.8 Å². The Morgan fingerprint density at radius 1 is 1.32 bits per heavy atom. The highest BCUT2D eigenvalue weighted by molar-refractivity contribution is 7.09. The molecule has 1 atom stereocenters. The van der Waals surface area contributed by atoms with Crippen molar-refractivity contribution in [2.45, 2.75) is 33.4 Å². The molecule has 8 heteroatoms. The fourth-order valence-electron chi connectivity index (χ4n) is 2.65. The standard InChI is InChI=1S/C17H22N6OS/c1-4-22(5-2)10-13-8-19-15-14(9-20-23(15)11-13)16(24)21-12(3)17-18-6-7-25-17/h6-9,11-12H,4-5,10H2,1-3H3,(H,21,24)/t12-/m0/s1. The second-order valence-corrected chi connectivity index (χ2v) is 6.74. The molecule has 132 valence electrons. The predicted molar refractivity (Wildman–Crippen MR) is 97.6 cm³/mol. The highest BCUT2D eigenvalue weighted by atomic mass is 32.1. The van der Waals surface area contributed by atoms with Crippen LogP contribution >= 0.6 is 11.3 Å². The lowest BCUT2D eigenvalue weighted by molar-refractivity contribution is 0.0941. The highest BCUT2D eigenvalue weighted by Crippen LogP contribution is 2.17. The molecule has 0 aliphatic rings. The van der Waals surface area contributed by atoms with E-state index in [0.717, 1.165) is 30.2 Å². The van der Waals surface area contributed by atoms with Crippen LogP contribution in [0, 0.1) is 0 Å². The Morgan fingerprint density at radius 2 is 2.12 bits per heavy atom. The number of amides is 1. The maximum Gasteiger partial charge on any atom is 0.257 e. The highest BCUT2D eigenvalue weighted by Gasteiger charge is 2.18. The average Bonchev–Trinajstić information content (AvgIpc) is 3.28.